The van der Waals surface area contributed by atoms with Crippen molar-refractivity contribution in [1.82, 2.24) is 4.98 Å². The highest BCUT2D eigenvalue weighted by Gasteiger charge is 2.12. The van der Waals surface area contributed by atoms with Crippen LogP contribution in [0.25, 0.3) is 12.2 Å². The summed E-state index contributed by atoms with van der Waals surface area (Å²) in [5, 5.41) is 5.44. The molecule has 0 saturated heterocycles. The highest BCUT2D eigenvalue weighted by molar-refractivity contribution is 7.13. The van der Waals surface area contributed by atoms with Gasteiger partial charge in [-0.1, -0.05) is 12.1 Å². The fourth-order valence-electron chi connectivity index (χ4n) is 2.26. The highest BCUT2D eigenvalue weighted by Crippen LogP contribution is 2.24. The standard InChI is InChI=1S/C15H15N3OS/c16-15-17-12(9-20-15)6-4-10-5-7-13-11(8-10)2-1-3-14(19)18-13/h4-9H,1-3H2,(H2,16,17)(H,18,19). The third kappa shape index (κ3) is 2.88. The number of nitrogens with one attached hydrogen (secondary N) is 1. The van der Waals surface area contributed by atoms with Gasteiger partial charge in [0, 0.05) is 17.5 Å². The topological polar surface area (TPSA) is 68.0 Å². The summed E-state index contributed by atoms with van der Waals surface area (Å²) in [4.78, 5) is 15.7. The van der Waals surface area contributed by atoms with Gasteiger partial charge in [0.2, 0.25) is 5.91 Å². The zero-order valence-corrected chi connectivity index (χ0v) is 11.7. The number of nitrogens with zero attached hydrogens (tertiary/aromatic N) is 1. The second-order valence-electron chi connectivity index (χ2n) is 4.76. The molecule has 0 unspecified atom stereocenters. The summed E-state index contributed by atoms with van der Waals surface area (Å²) in [5.41, 5.74) is 9.70. The molecule has 3 N–H and O–H groups in total. The minimum atomic E-state index is 0.102. The van der Waals surface area contributed by atoms with E-state index in [1.54, 1.807) is 0 Å². The third-order valence-electron chi connectivity index (χ3n) is 3.24. The Bertz CT molecular complexity index is 676. The number of rotatable bonds is 2. The summed E-state index contributed by atoms with van der Waals surface area (Å²) in [5.74, 6) is 0.102. The summed E-state index contributed by atoms with van der Waals surface area (Å²) in [7, 11) is 0. The molecule has 102 valence electrons. The van der Waals surface area contributed by atoms with Gasteiger partial charge >= 0.3 is 0 Å². The van der Waals surface area contributed by atoms with Gasteiger partial charge in [-0.25, -0.2) is 4.98 Å². The normalized spacial score (nSPS) is 14.9. The maximum absolute atomic E-state index is 11.5. The monoisotopic (exact) mass is 285 g/mol. The van der Waals surface area contributed by atoms with Crippen LogP contribution in [0.1, 0.15) is 29.7 Å². The second-order valence-corrected chi connectivity index (χ2v) is 5.65. The lowest BCUT2D eigenvalue weighted by Gasteiger charge is -2.07. The number of hydrogen-bond donors (Lipinski definition) is 2. The molecule has 5 heteroatoms. The molecule has 20 heavy (non-hydrogen) atoms. The Kier molecular flexibility index (Phi) is 3.52. The zero-order valence-electron chi connectivity index (χ0n) is 10.9. The maximum atomic E-state index is 11.5. The first-order valence-electron chi connectivity index (χ1n) is 6.52. The molecular formula is C15H15N3OS. The number of aryl methyl sites for hydroxylation is 1. The van der Waals surface area contributed by atoms with Crippen molar-refractivity contribution in [2.24, 2.45) is 0 Å². The molecular weight excluding hydrogens is 270 g/mol. The minimum absolute atomic E-state index is 0.102. The molecule has 0 aliphatic carbocycles. The van der Waals surface area contributed by atoms with Crippen molar-refractivity contribution in [2.75, 3.05) is 11.1 Å². The molecule has 0 spiro atoms. The molecule has 0 atom stereocenters. The van der Waals surface area contributed by atoms with Gasteiger partial charge in [-0.2, -0.15) is 0 Å². The fraction of sp³-hybridized carbons (Fsp3) is 0.200. The molecule has 4 nitrogen and oxygen atoms in total. The van der Waals surface area contributed by atoms with Crippen LogP contribution >= 0.6 is 11.3 Å². The predicted octanol–water partition coefficient (Wildman–Crippen LogP) is 3.17. The summed E-state index contributed by atoms with van der Waals surface area (Å²) < 4.78 is 0. The lowest BCUT2D eigenvalue weighted by atomic mass is 10.0. The van der Waals surface area contributed by atoms with Gasteiger partial charge in [0.05, 0.1) is 5.69 Å². The fourth-order valence-corrected chi connectivity index (χ4v) is 2.79. The van der Waals surface area contributed by atoms with Gasteiger partial charge in [-0.3, -0.25) is 4.79 Å². The van der Waals surface area contributed by atoms with E-state index in [0.717, 1.165) is 29.8 Å². The molecule has 1 amide bonds. The second kappa shape index (κ2) is 5.46. The van der Waals surface area contributed by atoms with E-state index in [1.165, 1.54) is 16.9 Å². The molecule has 1 aromatic heterocycles. The van der Waals surface area contributed by atoms with E-state index in [2.05, 4.69) is 16.4 Å². The van der Waals surface area contributed by atoms with Crippen LogP contribution in [0.2, 0.25) is 0 Å². The quantitative estimate of drug-likeness (QED) is 0.890. The molecule has 1 aromatic carbocycles. The first-order valence-corrected chi connectivity index (χ1v) is 7.40. The van der Waals surface area contributed by atoms with Gasteiger partial charge < -0.3 is 11.1 Å². The zero-order chi connectivity index (χ0) is 13.9. The molecule has 0 radical (unpaired) electrons. The van der Waals surface area contributed by atoms with Gasteiger partial charge in [-0.05, 0) is 42.2 Å². The van der Waals surface area contributed by atoms with Crippen LogP contribution in [-0.2, 0) is 11.2 Å². The number of nitrogen functional groups attached to an aromatic ring is 1. The highest BCUT2D eigenvalue weighted by atomic mass is 32.1. The maximum Gasteiger partial charge on any atom is 0.224 e. The van der Waals surface area contributed by atoms with Crippen molar-refractivity contribution in [1.29, 1.82) is 0 Å². The summed E-state index contributed by atoms with van der Waals surface area (Å²) in [6, 6.07) is 6.08. The van der Waals surface area contributed by atoms with Crippen LogP contribution < -0.4 is 11.1 Å². The van der Waals surface area contributed by atoms with E-state index >= 15 is 0 Å². The number of fused-ring (bicyclic) bond motifs is 1. The van der Waals surface area contributed by atoms with E-state index in [-0.39, 0.29) is 5.91 Å². The van der Waals surface area contributed by atoms with E-state index < -0.39 is 0 Å². The number of benzene rings is 1. The number of carbonyl (C=O) groups excluding carboxylic acids is 1. The van der Waals surface area contributed by atoms with Crippen LogP contribution in [-0.4, -0.2) is 10.9 Å². The largest absolute Gasteiger partial charge is 0.375 e. The average Bonchev–Trinajstić information content (AvgIpc) is 2.75. The van der Waals surface area contributed by atoms with Gasteiger partial charge in [0.25, 0.3) is 0 Å². The number of aromatic nitrogens is 1. The molecule has 0 fully saturated rings. The van der Waals surface area contributed by atoms with Crippen molar-refractivity contribution in [2.45, 2.75) is 19.3 Å². The van der Waals surface area contributed by atoms with Gasteiger partial charge in [0.15, 0.2) is 5.13 Å². The number of anilines is 2. The van der Waals surface area contributed by atoms with Gasteiger partial charge in [0.1, 0.15) is 0 Å². The Labute approximate surface area is 121 Å². The molecule has 1 aliphatic heterocycles. The Morgan fingerprint density at radius 2 is 2.20 bits per heavy atom. The summed E-state index contributed by atoms with van der Waals surface area (Å²) in [6.07, 6.45) is 6.39. The van der Waals surface area contributed by atoms with E-state index in [9.17, 15) is 4.79 Å². The van der Waals surface area contributed by atoms with Crippen molar-refractivity contribution in [3.8, 4) is 0 Å². The van der Waals surface area contributed by atoms with E-state index in [1.807, 2.05) is 29.7 Å². The minimum Gasteiger partial charge on any atom is -0.375 e. The predicted molar refractivity (Wildman–Crippen MR) is 83.5 cm³/mol. The Balaban J connectivity index is 1.83. The first kappa shape index (κ1) is 12.9. The van der Waals surface area contributed by atoms with E-state index in [0.29, 0.717) is 11.6 Å². The van der Waals surface area contributed by atoms with Crippen LogP contribution in [0.4, 0.5) is 10.8 Å². The summed E-state index contributed by atoms with van der Waals surface area (Å²) >= 11 is 1.43. The summed E-state index contributed by atoms with van der Waals surface area (Å²) in [6.45, 7) is 0. The van der Waals surface area contributed by atoms with Crippen LogP contribution in [0, 0.1) is 0 Å². The number of nitrogens with two attached hydrogens (primary N) is 1. The molecule has 2 heterocycles. The smallest absolute Gasteiger partial charge is 0.224 e. The number of hydrogen-bond acceptors (Lipinski definition) is 4. The molecule has 3 rings (SSSR count). The molecule has 1 aliphatic rings. The van der Waals surface area contributed by atoms with Crippen molar-refractivity contribution < 1.29 is 4.79 Å². The number of thiazole rings is 1. The van der Waals surface area contributed by atoms with Crippen LogP contribution in [0.5, 0.6) is 0 Å². The van der Waals surface area contributed by atoms with Crippen LogP contribution in [0.15, 0.2) is 23.6 Å². The molecule has 0 saturated carbocycles. The Hall–Kier alpha value is -2.14. The first-order chi connectivity index (χ1) is 9.70. The number of carbonyl (C=O) groups is 1. The molecule has 0 bridgehead atoms. The van der Waals surface area contributed by atoms with Crippen molar-refractivity contribution in [3.05, 3.63) is 40.4 Å². The lowest BCUT2D eigenvalue weighted by Crippen LogP contribution is -2.09. The average molecular weight is 285 g/mol. The molecule has 2 aromatic rings. The Morgan fingerprint density at radius 1 is 1.30 bits per heavy atom. The van der Waals surface area contributed by atoms with Crippen molar-refractivity contribution >= 4 is 40.2 Å². The van der Waals surface area contributed by atoms with Crippen LogP contribution in [0.3, 0.4) is 0 Å². The van der Waals surface area contributed by atoms with Crippen molar-refractivity contribution in [3.63, 3.8) is 0 Å². The third-order valence-corrected chi connectivity index (χ3v) is 3.93. The SMILES string of the molecule is Nc1nc(C=Cc2ccc3c(c2)CCCC(=O)N3)cs1. The Morgan fingerprint density at radius 3 is 3.00 bits per heavy atom. The van der Waals surface area contributed by atoms with E-state index in [4.69, 9.17) is 5.73 Å². The lowest BCUT2D eigenvalue weighted by molar-refractivity contribution is -0.116. The number of amides is 1. The van der Waals surface area contributed by atoms with Gasteiger partial charge in [-0.15, -0.1) is 11.3 Å².